The number of anilines is 1. The van der Waals surface area contributed by atoms with Crippen molar-refractivity contribution in [1.29, 1.82) is 0 Å². The highest BCUT2D eigenvalue weighted by atomic mass is 35.5. The van der Waals surface area contributed by atoms with E-state index in [1.807, 2.05) is 12.1 Å². The summed E-state index contributed by atoms with van der Waals surface area (Å²) in [5.41, 5.74) is 1.60. The molecule has 4 aromatic rings. The number of morpholine rings is 1. The fourth-order valence-electron chi connectivity index (χ4n) is 7.39. The molecule has 1 saturated carbocycles. The molecule has 1 aromatic heterocycles. The third kappa shape index (κ3) is 5.34. The second kappa shape index (κ2) is 11.3. The number of nitrogens with zero attached hydrogens (tertiary/aromatic N) is 4. The highest BCUT2D eigenvalue weighted by Gasteiger charge is 2.45. The Balaban J connectivity index is 1.24. The first kappa shape index (κ1) is 28.8. The number of phenols is 1. The number of benzene rings is 3. The van der Waals surface area contributed by atoms with Crippen molar-refractivity contribution < 1.29 is 19.0 Å². The van der Waals surface area contributed by atoms with Crippen LogP contribution in [0.1, 0.15) is 31.2 Å². The van der Waals surface area contributed by atoms with Crippen molar-refractivity contribution in [1.82, 2.24) is 20.2 Å². The van der Waals surface area contributed by atoms with Gasteiger partial charge in [-0.15, -0.1) is 6.42 Å². The highest BCUT2D eigenvalue weighted by Crippen LogP contribution is 2.47. The molecule has 4 fully saturated rings. The molecule has 2 unspecified atom stereocenters. The number of hydrogen-bond acceptors (Lipinski definition) is 8. The van der Waals surface area contributed by atoms with Gasteiger partial charge in [0.15, 0.2) is 0 Å². The van der Waals surface area contributed by atoms with Crippen LogP contribution < -0.4 is 15.0 Å². The van der Waals surface area contributed by atoms with Crippen LogP contribution in [0.5, 0.6) is 11.8 Å². The number of rotatable bonds is 7. The van der Waals surface area contributed by atoms with E-state index in [-0.39, 0.29) is 27.8 Å². The standard InChI is InChI=1S/C35H35ClFN5O3/c1-2-21-4-3-5-22-14-25(43)15-26(29(21)22)30-28(37)16-27-32(31(30)36)39-34(40-33(27)42-17-23-6-7-24(18-42)38-23)45-20-35(8-9-35)19-41-10-12-44-13-11-41/h1,3-5,14-16,23-24,38,43H,6-13,17-20H2. The van der Waals surface area contributed by atoms with E-state index in [0.29, 0.717) is 57.3 Å². The summed E-state index contributed by atoms with van der Waals surface area (Å²) in [6, 6.07) is 11.0. The number of phenolic OH excluding ortho intramolecular Hbond substituents is 1. The van der Waals surface area contributed by atoms with E-state index in [1.165, 1.54) is 12.1 Å². The average molecular weight is 628 g/mol. The molecule has 2 atom stereocenters. The minimum atomic E-state index is -0.537. The summed E-state index contributed by atoms with van der Waals surface area (Å²) in [5, 5.41) is 16.3. The monoisotopic (exact) mass is 627 g/mol. The average Bonchev–Trinajstić information content (AvgIpc) is 3.73. The third-order valence-electron chi connectivity index (χ3n) is 9.87. The molecule has 8 rings (SSSR count). The van der Waals surface area contributed by atoms with E-state index in [1.54, 1.807) is 12.1 Å². The number of aromatic nitrogens is 2. The van der Waals surface area contributed by atoms with Crippen LogP contribution in [0.25, 0.3) is 32.8 Å². The number of terminal acetylenes is 1. The summed E-state index contributed by atoms with van der Waals surface area (Å²) in [6.07, 6.45) is 10.2. The van der Waals surface area contributed by atoms with Crippen molar-refractivity contribution in [2.24, 2.45) is 5.41 Å². The Hall–Kier alpha value is -3.68. The van der Waals surface area contributed by atoms with Crippen molar-refractivity contribution in [2.45, 2.75) is 37.8 Å². The molecule has 4 aliphatic rings. The van der Waals surface area contributed by atoms with Crippen LogP contribution in [-0.4, -0.2) is 84.6 Å². The van der Waals surface area contributed by atoms with Crippen molar-refractivity contribution in [3.8, 4) is 35.2 Å². The number of nitrogens with one attached hydrogen (secondary N) is 1. The first-order valence-corrected chi connectivity index (χ1v) is 16.1. The van der Waals surface area contributed by atoms with Gasteiger partial charge in [-0.3, -0.25) is 4.90 Å². The van der Waals surface area contributed by atoms with Gasteiger partial charge in [-0.2, -0.15) is 9.97 Å². The summed E-state index contributed by atoms with van der Waals surface area (Å²) in [7, 11) is 0. The fourth-order valence-corrected chi connectivity index (χ4v) is 7.72. The number of fused-ring (bicyclic) bond motifs is 4. The summed E-state index contributed by atoms with van der Waals surface area (Å²) in [5.74, 6) is 2.78. The minimum absolute atomic E-state index is 0.0130. The molecule has 45 heavy (non-hydrogen) atoms. The van der Waals surface area contributed by atoms with Gasteiger partial charge in [0.2, 0.25) is 0 Å². The number of aromatic hydroxyl groups is 1. The summed E-state index contributed by atoms with van der Waals surface area (Å²) >= 11 is 7.14. The second-order valence-electron chi connectivity index (χ2n) is 13.0. The predicted octanol–water partition coefficient (Wildman–Crippen LogP) is 5.36. The Bertz CT molecular complexity index is 1840. The smallest absolute Gasteiger partial charge is 0.319 e. The molecule has 3 saturated heterocycles. The Kier molecular flexibility index (Phi) is 7.22. The topological polar surface area (TPSA) is 83.0 Å². The molecule has 0 spiro atoms. The molecular formula is C35H35ClFN5O3. The highest BCUT2D eigenvalue weighted by molar-refractivity contribution is 6.38. The summed E-state index contributed by atoms with van der Waals surface area (Å²) < 4.78 is 28.3. The molecule has 3 aromatic carbocycles. The quantitative estimate of drug-likeness (QED) is 0.265. The van der Waals surface area contributed by atoms with Crippen molar-refractivity contribution in [2.75, 3.05) is 57.4 Å². The van der Waals surface area contributed by atoms with E-state index in [4.69, 9.17) is 37.5 Å². The molecule has 2 N–H and O–H groups in total. The predicted molar refractivity (Wildman–Crippen MR) is 174 cm³/mol. The second-order valence-corrected chi connectivity index (χ2v) is 13.4. The number of hydrogen-bond donors (Lipinski definition) is 2. The number of ether oxygens (including phenoxy) is 2. The van der Waals surface area contributed by atoms with Crippen LogP contribution in [0.4, 0.5) is 10.2 Å². The number of halogens is 2. The van der Waals surface area contributed by atoms with Gasteiger partial charge in [-0.25, -0.2) is 4.39 Å². The van der Waals surface area contributed by atoms with Gasteiger partial charge < -0.3 is 24.8 Å². The molecule has 1 aliphatic carbocycles. The van der Waals surface area contributed by atoms with Crippen LogP contribution >= 0.6 is 11.6 Å². The van der Waals surface area contributed by atoms with Crippen LogP contribution in [0, 0.1) is 23.6 Å². The Labute approximate surface area is 266 Å². The van der Waals surface area contributed by atoms with E-state index < -0.39 is 5.82 Å². The molecule has 0 radical (unpaired) electrons. The van der Waals surface area contributed by atoms with Gasteiger partial charge >= 0.3 is 6.01 Å². The van der Waals surface area contributed by atoms with E-state index >= 15 is 4.39 Å². The van der Waals surface area contributed by atoms with Gasteiger partial charge in [-0.1, -0.05) is 29.7 Å². The lowest BCUT2D eigenvalue weighted by molar-refractivity contribution is 0.0231. The van der Waals surface area contributed by atoms with Crippen molar-refractivity contribution in [3.05, 3.63) is 52.8 Å². The lowest BCUT2D eigenvalue weighted by atomic mass is 9.93. The van der Waals surface area contributed by atoms with Crippen molar-refractivity contribution in [3.63, 3.8) is 0 Å². The molecule has 2 bridgehead atoms. The normalized spacial score (nSPS) is 22.6. The van der Waals surface area contributed by atoms with Crippen LogP contribution in [0.3, 0.4) is 0 Å². The van der Waals surface area contributed by atoms with Crippen LogP contribution in [-0.2, 0) is 4.74 Å². The lowest BCUT2D eigenvalue weighted by Gasteiger charge is -2.34. The summed E-state index contributed by atoms with van der Waals surface area (Å²) in [6.45, 7) is 6.34. The lowest BCUT2D eigenvalue weighted by Crippen LogP contribution is -2.51. The largest absolute Gasteiger partial charge is 0.508 e. The maximum atomic E-state index is 16.4. The molecule has 4 heterocycles. The van der Waals surface area contributed by atoms with Gasteiger partial charge in [0.05, 0.1) is 30.4 Å². The van der Waals surface area contributed by atoms with Gasteiger partial charge in [0, 0.05) is 72.1 Å². The van der Waals surface area contributed by atoms with E-state index in [9.17, 15) is 5.11 Å². The Morgan fingerprint density at radius 2 is 1.91 bits per heavy atom. The molecular weight excluding hydrogens is 593 g/mol. The molecule has 10 heteroatoms. The third-order valence-corrected chi connectivity index (χ3v) is 10.2. The Morgan fingerprint density at radius 1 is 1.13 bits per heavy atom. The molecule has 232 valence electrons. The zero-order chi connectivity index (χ0) is 30.7. The minimum Gasteiger partial charge on any atom is -0.508 e. The zero-order valence-corrected chi connectivity index (χ0v) is 25.7. The van der Waals surface area contributed by atoms with Crippen molar-refractivity contribution >= 4 is 39.1 Å². The van der Waals surface area contributed by atoms with Gasteiger partial charge in [0.1, 0.15) is 17.4 Å². The maximum Gasteiger partial charge on any atom is 0.319 e. The van der Waals surface area contributed by atoms with E-state index in [2.05, 4.69) is 21.0 Å². The molecule has 0 amide bonds. The van der Waals surface area contributed by atoms with Gasteiger partial charge in [-0.05, 0) is 60.9 Å². The molecule has 3 aliphatic heterocycles. The molecule has 8 nitrogen and oxygen atoms in total. The fraction of sp³-hybridized carbons (Fsp3) is 0.429. The van der Waals surface area contributed by atoms with Gasteiger partial charge in [0.25, 0.3) is 0 Å². The summed E-state index contributed by atoms with van der Waals surface area (Å²) in [4.78, 5) is 14.4. The first-order valence-electron chi connectivity index (χ1n) is 15.8. The first-order chi connectivity index (χ1) is 21.9. The zero-order valence-electron chi connectivity index (χ0n) is 25.0. The SMILES string of the molecule is C#Cc1cccc2cc(O)cc(-c3c(F)cc4c(N5CC6CCC(C5)N6)nc(OCC5(CN6CCOCC6)CC5)nc4c3Cl)c12. The Morgan fingerprint density at radius 3 is 2.64 bits per heavy atom. The maximum absolute atomic E-state index is 16.4. The van der Waals surface area contributed by atoms with E-state index in [0.717, 1.165) is 71.6 Å². The number of piperazine rings is 1. The van der Waals surface area contributed by atoms with Crippen LogP contribution in [0.2, 0.25) is 5.02 Å². The van der Waals surface area contributed by atoms with Crippen LogP contribution in [0.15, 0.2) is 36.4 Å².